The maximum absolute atomic E-state index is 8.52. The van der Waals surface area contributed by atoms with Crippen molar-refractivity contribution in [3.8, 4) is 0 Å². The predicted octanol–water partition coefficient (Wildman–Crippen LogP) is -3.44. The van der Waals surface area contributed by atoms with E-state index in [0.29, 0.717) is 0 Å². The van der Waals surface area contributed by atoms with Gasteiger partial charge in [0.05, 0.1) is 0 Å². The van der Waals surface area contributed by atoms with Crippen molar-refractivity contribution in [2.75, 3.05) is 0 Å². The summed E-state index contributed by atoms with van der Waals surface area (Å²) in [4.78, 5) is 0. The molecule has 0 aromatic rings. The quantitative estimate of drug-likeness (QED) is 0.242. The van der Waals surface area contributed by atoms with Crippen LogP contribution in [0.4, 0.5) is 0 Å². The van der Waals surface area contributed by atoms with Crippen LogP contribution in [0.1, 0.15) is 0 Å². The minimum Gasteiger partial charge on any atom is -0.759 e. The van der Waals surface area contributed by atoms with Crippen molar-refractivity contribution in [3.63, 3.8) is 0 Å². The molecule has 0 rings (SSSR count). The maximum atomic E-state index is 8.52. The van der Waals surface area contributed by atoms with Gasteiger partial charge in [-0.1, -0.05) is 0 Å². The van der Waals surface area contributed by atoms with Crippen molar-refractivity contribution >= 4 is 107 Å². The van der Waals surface area contributed by atoms with Gasteiger partial charge < -0.3 is 18.2 Å². The molecule has 0 fully saturated rings. The summed E-state index contributed by atoms with van der Waals surface area (Å²) in [5, 5.41) is 0. The average molecular weight is 370 g/mol. The van der Waals surface area contributed by atoms with Gasteiger partial charge in [0.1, 0.15) is 0 Å². The standard InChI is InChI=1S/Ba.Ca.2H2O4S/c;;2*1-5(2,3)4/h;;2*(H2,1,2,3,4)/q2*+2;;/p-4. The molecule has 0 saturated carbocycles. The third-order valence-corrected chi connectivity index (χ3v) is 0. The zero-order valence-corrected chi connectivity index (χ0v) is 13.8. The average Bonchev–Trinajstić information content (AvgIpc) is 1.12. The SMILES string of the molecule is O=S(=O)([O-])[O-].O=S(=O)([O-])[O-].[Ba+2].[Ca+2]. The van der Waals surface area contributed by atoms with Crippen LogP contribution in [0.15, 0.2) is 0 Å². The van der Waals surface area contributed by atoms with Crippen LogP contribution in [-0.2, 0) is 20.8 Å². The maximum Gasteiger partial charge on any atom is 2.00 e. The third kappa shape index (κ3) is 255. The van der Waals surface area contributed by atoms with Crippen LogP contribution in [0.3, 0.4) is 0 Å². The second-order valence-electron chi connectivity index (χ2n) is 0.816. The van der Waals surface area contributed by atoms with Crippen LogP contribution in [0, 0.1) is 0 Å². The van der Waals surface area contributed by atoms with E-state index < -0.39 is 20.8 Å². The van der Waals surface area contributed by atoms with Crippen LogP contribution < -0.4 is 0 Å². The molecule has 0 heterocycles. The first-order valence-corrected chi connectivity index (χ1v) is 4.00. The Bertz CT molecular complexity index is 213. The molecule has 0 saturated heterocycles. The summed E-state index contributed by atoms with van der Waals surface area (Å²) in [5.41, 5.74) is 0. The number of hydrogen-bond donors (Lipinski definition) is 0. The molecule has 0 radical (unpaired) electrons. The molecule has 0 aliphatic rings. The molecule has 0 aromatic carbocycles. The largest absolute Gasteiger partial charge is 2.00 e. The summed E-state index contributed by atoms with van der Waals surface area (Å²) in [7, 11) is -10.3. The van der Waals surface area contributed by atoms with Crippen molar-refractivity contribution in [1.29, 1.82) is 0 Å². The molecule has 0 amide bonds. The minimum atomic E-state index is -5.17. The minimum absolute atomic E-state index is 0. The molecule has 0 aromatic heterocycles. The van der Waals surface area contributed by atoms with Crippen molar-refractivity contribution in [3.05, 3.63) is 0 Å². The van der Waals surface area contributed by atoms with E-state index in [1.807, 2.05) is 0 Å². The van der Waals surface area contributed by atoms with Crippen molar-refractivity contribution < 1.29 is 35.0 Å². The molecule has 64 valence electrons. The first-order chi connectivity index (χ1) is 4.00. The molecule has 0 bridgehead atoms. The summed E-state index contributed by atoms with van der Waals surface area (Å²) in [6, 6.07) is 0. The number of hydrogen-bond acceptors (Lipinski definition) is 8. The van der Waals surface area contributed by atoms with E-state index in [2.05, 4.69) is 0 Å². The van der Waals surface area contributed by atoms with E-state index in [1.165, 1.54) is 0 Å². The fourth-order valence-electron chi connectivity index (χ4n) is 0. The Morgan fingerprint density at radius 2 is 0.667 bits per heavy atom. The van der Waals surface area contributed by atoms with Gasteiger partial charge in [-0.25, -0.2) is 0 Å². The Morgan fingerprint density at radius 1 is 0.667 bits per heavy atom. The second-order valence-corrected chi connectivity index (χ2v) is 2.45. The fourth-order valence-corrected chi connectivity index (χ4v) is 0. The molecular formula is BaCaO8S2. The smallest absolute Gasteiger partial charge is 0.759 e. The van der Waals surface area contributed by atoms with Crippen LogP contribution in [0.5, 0.6) is 0 Å². The second kappa shape index (κ2) is 10.1. The van der Waals surface area contributed by atoms with Crippen LogP contribution in [0.25, 0.3) is 0 Å². The first-order valence-electron chi connectivity index (χ1n) is 1.33. The molecular weight excluding hydrogens is 370 g/mol. The van der Waals surface area contributed by atoms with Gasteiger partial charge in [0.15, 0.2) is 0 Å². The zero-order valence-electron chi connectivity index (χ0n) is 5.50. The summed E-state index contributed by atoms with van der Waals surface area (Å²) >= 11 is 0. The molecule has 12 heteroatoms. The van der Waals surface area contributed by atoms with Crippen LogP contribution >= 0.6 is 0 Å². The predicted molar refractivity (Wildman–Crippen MR) is 32.5 cm³/mol. The normalized spacial score (nSPS) is 9.67. The molecule has 12 heavy (non-hydrogen) atoms. The van der Waals surface area contributed by atoms with Gasteiger partial charge in [-0.2, -0.15) is 0 Å². The van der Waals surface area contributed by atoms with Crippen LogP contribution in [-0.4, -0.2) is 122 Å². The first kappa shape index (κ1) is 24.0. The molecule has 0 aliphatic heterocycles. The molecule has 0 atom stereocenters. The van der Waals surface area contributed by atoms with Gasteiger partial charge in [-0.15, -0.1) is 0 Å². The van der Waals surface area contributed by atoms with Crippen molar-refractivity contribution in [2.45, 2.75) is 0 Å². The summed E-state index contributed by atoms with van der Waals surface area (Å²) in [5.74, 6) is 0. The van der Waals surface area contributed by atoms with Gasteiger partial charge in [0.2, 0.25) is 0 Å². The summed E-state index contributed by atoms with van der Waals surface area (Å²) < 4.78 is 68.2. The van der Waals surface area contributed by atoms with E-state index >= 15 is 0 Å². The van der Waals surface area contributed by atoms with E-state index in [9.17, 15) is 0 Å². The van der Waals surface area contributed by atoms with Crippen molar-refractivity contribution in [1.82, 2.24) is 0 Å². The van der Waals surface area contributed by atoms with E-state index in [1.54, 1.807) is 0 Å². The Balaban J connectivity index is -0.0000000457. The molecule has 0 spiro atoms. The molecule has 0 unspecified atom stereocenters. The third-order valence-electron chi connectivity index (χ3n) is 0. The van der Waals surface area contributed by atoms with Gasteiger partial charge in [0.25, 0.3) is 0 Å². The van der Waals surface area contributed by atoms with E-state index in [-0.39, 0.29) is 86.6 Å². The zero-order chi connectivity index (χ0) is 9.00. The Kier molecular flexibility index (Phi) is 20.2. The number of rotatable bonds is 0. The molecule has 0 aliphatic carbocycles. The summed E-state index contributed by atoms with van der Waals surface area (Å²) in [6.45, 7) is 0. The Morgan fingerprint density at radius 3 is 0.667 bits per heavy atom. The Hall–Kier alpha value is 2.57. The van der Waals surface area contributed by atoms with Crippen LogP contribution in [0.2, 0.25) is 0 Å². The fraction of sp³-hybridized carbons (Fsp3) is 0. The monoisotopic (exact) mass is 370 g/mol. The van der Waals surface area contributed by atoms with Crippen molar-refractivity contribution in [2.24, 2.45) is 0 Å². The Labute approximate surface area is 139 Å². The van der Waals surface area contributed by atoms with E-state index in [0.717, 1.165) is 0 Å². The topological polar surface area (TPSA) is 161 Å². The molecule has 8 nitrogen and oxygen atoms in total. The summed E-state index contributed by atoms with van der Waals surface area (Å²) in [6.07, 6.45) is 0. The van der Waals surface area contributed by atoms with Gasteiger partial charge in [0, 0.05) is 20.8 Å². The van der Waals surface area contributed by atoms with Gasteiger partial charge in [-0.05, 0) is 0 Å². The van der Waals surface area contributed by atoms with E-state index in [4.69, 9.17) is 35.0 Å². The molecule has 0 N–H and O–H groups in total. The van der Waals surface area contributed by atoms with Gasteiger partial charge in [-0.3, -0.25) is 16.8 Å². The van der Waals surface area contributed by atoms with Gasteiger partial charge >= 0.3 is 86.6 Å².